The largest absolute Gasteiger partial charge is 0.310 e. The zero-order valence-electron chi connectivity index (χ0n) is 11.4. The molecule has 1 aromatic heterocycles. The highest BCUT2D eigenvalue weighted by Crippen LogP contribution is 2.64. The number of hydrogen-bond acceptors (Lipinski definition) is 2. The molecule has 5 rings (SSSR count). The second kappa shape index (κ2) is 4.30. The highest BCUT2D eigenvalue weighted by atomic mass is 79.9. The lowest BCUT2D eigenvalue weighted by Crippen LogP contribution is -2.57. The Morgan fingerprint density at radius 2 is 2.00 bits per heavy atom. The number of aromatic nitrogens is 1. The molecule has 4 aliphatic carbocycles. The molecule has 1 amide bonds. The number of rotatable bonds is 2. The van der Waals surface area contributed by atoms with Crippen molar-refractivity contribution in [2.75, 3.05) is 5.32 Å². The van der Waals surface area contributed by atoms with Crippen molar-refractivity contribution in [3.8, 4) is 0 Å². The van der Waals surface area contributed by atoms with Crippen LogP contribution in [0, 0.1) is 17.3 Å². The first kappa shape index (κ1) is 12.8. The lowest BCUT2D eigenvalue weighted by Gasteiger charge is -2.59. The monoisotopic (exact) mass is 334 g/mol. The van der Waals surface area contributed by atoms with E-state index in [0.717, 1.165) is 31.1 Å². The van der Waals surface area contributed by atoms with Crippen LogP contribution in [0.25, 0.3) is 0 Å². The molecule has 1 aromatic rings. The van der Waals surface area contributed by atoms with Crippen molar-refractivity contribution in [3.63, 3.8) is 0 Å². The number of hydrogen-bond donors (Lipinski definition) is 1. The summed E-state index contributed by atoms with van der Waals surface area (Å²) in [6.45, 7) is 0. The molecule has 4 aliphatic rings. The molecule has 0 radical (unpaired) electrons. The smallest absolute Gasteiger partial charge is 0.231 e. The van der Waals surface area contributed by atoms with Crippen LogP contribution in [0.4, 0.5) is 5.82 Å². The number of halogens is 1. The minimum atomic E-state index is -0.162. The standard InChI is InChI=1S/C16H19BrN2O/c17-16-8-11-5-12(9-16)7-15(6-11,10-16)14(20)19-13-3-1-2-4-18-13/h1-4,11-12H,5-10H2,(H,18,19,20)/t11-,12-,15?,16?/m1/s1. The predicted molar refractivity (Wildman–Crippen MR) is 81.6 cm³/mol. The molecule has 1 N–H and O–H groups in total. The van der Waals surface area contributed by atoms with Gasteiger partial charge in [0.1, 0.15) is 5.82 Å². The molecule has 3 nitrogen and oxygen atoms in total. The minimum Gasteiger partial charge on any atom is -0.310 e. The summed E-state index contributed by atoms with van der Waals surface area (Å²) in [5.74, 6) is 2.32. The third kappa shape index (κ3) is 2.00. The molecule has 4 bridgehead atoms. The van der Waals surface area contributed by atoms with Gasteiger partial charge in [0.2, 0.25) is 5.91 Å². The van der Waals surface area contributed by atoms with Crippen LogP contribution in [0.15, 0.2) is 24.4 Å². The van der Waals surface area contributed by atoms with E-state index in [2.05, 4.69) is 26.2 Å². The molecule has 4 heteroatoms. The van der Waals surface area contributed by atoms with Gasteiger partial charge in [0.25, 0.3) is 0 Å². The van der Waals surface area contributed by atoms with Gasteiger partial charge in [-0.25, -0.2) is 4.98 Å². The van der Waals surface area contributed by atoms with Gasteiger partial charge >= 0.3 is 0 Å². The van der Waals surface area contributed by atoms with Crippen LogP contribution in [0.2, 0.25) is 0 Å². The van der Waals surface area contributed by atoms with Gasteiger partial charge in [-0.15, -0.1) is 0 Å². The second-order valence-corrected chi connectivity index (χ2v) is 8.74. The summed E-state index contributed by atoms with van der Waals surface area (Å²) in [4.78, 5) is 17.1. The average Bonchev–Trinajstić information content (AvgIpc) is 2.37. The van der Waals surface area contributed by atoms with E-state index in [1.54, 1.807) is 6.20 Å². The predicted octanol–water partition coefficient (Wildman–Crippen LogP) is 3.75. The average molecular weight is 335 g/mol. The van der Waals surface area contributed by atoms with Crippen LogP contribution in [0.1, 0.15) is 38.5 Å². The lowest BCUT2D eigenvalue weighted by molar-refractivity contribution is -0.138. The quantitative estimate of drug-likeness (QED) is 0.837. The van der Waals surface area contributed by atoms with Gasteiger partial charge in [0.15, 0.2) is 0 Å². The van der Waals surface area contributed by atoms with Crippen LogP contribution >= 0.6 is 15.9 Å². The Morgan fingerprint density at radius 1 is 1.25 bits per heavy atom. The van der Waals surface area contributed by atoms with Crippen molar-refractivity contribution in [3.05, 3.63) is 24.4 Å². The van der Waals surface area contributed by atoms with Crippen LogP contribution in [0.3, 0.4) is 0 Å². The second-order valence-electron chi connectivity index (χ2n) is 7.06. The van der Waals surface area contributed by atoms with E-state index >= 15 is 0 Å². The van der Waals surface area contributed by atoms with Gasteiger partial charge in [0, 0.05) is 10.5 Å². The summed E-state index contributed by atoms with van der Waals surface area (Å²) in [5.41, 5.74) is -0.162. The molecule has 2 atom stereocenters. The summed E-state index contributed by atoms with van der Waals surface area (Å²) in [6, 6.07) is 5.64. The normalized spacial score (nSPS) is 41.6. The molecule has 1 heterocycles. The van der Waals surface area contributed by atoms with E-state index in [4.69, 9.17) is 0 Å². The van der Waals surface area contributed by atoms with Crippen LogP contribution in [-0.4, -0.2) is 15.2 Å². The lowest BCUT2D eigenvalue weighted by atomic mass is 9.49. The Balaban J connectivity index is 1.60. The molecule has 0 aliphatic heterocycles. The number of nitrogens with zero attached hydrogens (tertiary/aromatic N) is 1. The summed E-state index contributed by atoms with van der Waals surface area (Å²) < 4.78 is 0.221. The Morgan fingerprint density at radius 3 is 2.60 bits per heavy atom. The van der Waals surface area contributed by atoms with Crippen LogP contribution in [0.5, 0.6) is 0 Å². The maximum atomic E-state index is 12.8. The van der Waals surface area contributed by atoms with Crippen LogP contribution in [-0.2, 0) is 4.79 Å². The highest BCUT2D eigenvalue weighted by Gasteiger charge is 2.59. The summed E-state index contributed by atoms with van der Waals surface area (Å²) in [5, 5.41) is 3.05. The van der Waals surface area contributed by atoms with Crippen molar-refractivity contribution in [1.82, 2.24) is 4.98 Å². The summed E-state index contributed by atoms with van der Waals surface area (Å²) >= 11 is 3.95. The van der Waals surface area contributed by atoms with E-state index in [9.17, 15) is 4.79 Å². The fourth-order valence-corrected chi connectivity index (χ4v) is 6.55. The van der Waals surface area contributed by atoms with Gasteiger partial charge in [-0.3, -0.25) is 4.79 Å². The zero-order chi connectivity index (χ0) is 13.8. The molecule has 0 aromatic carbocycles. The molecule has 0 spiro atoms. The van der Waals surface area contributed by atoms with E-state index in [-0.39, 0.29) is 15.6 Å². The van der Waals surface area contributed by atoms with Crippen molar-refractivity contribution in [2.24, 2.45) is 17.3 Å². The van der Waals surface area contributed by atoms with Gasteiger partial charge in [-0.05, 0) is 62.5 Å². The van der Waals surface area contributed by atoms with E-state index in [1.165, 1.54) is 19.3 Å². The number of anilines is 1. The molecular formula is C16H19BrN2O. The third-order valence-corrected chi connectivity index (χ3v) is 6.31. The number of amides is 1. The number of nitrogens with one attached hydrogen (secondary N) is 1. The molecular weight excluding hydrogens is 316 g/mol. The summed E-state index contributed by atoms with van der Waals surface area (Å²) in [6.07, 6.45) is 8.67. The molecule has 0 unspecified atom stereocenters. The van der Waals surface area contributed by atoms with Gasteiger partial charge in [-0.2, -0.15) is 0 Å². The highest BCUT2D eigenvalue weighted by molar-refractivity contribution is 9.10. The molecule has 4 saturated carbocycles. The van der Waals surface area contributed by atoms with Crippen molar-refractivity contribution >= 4 is 27.7 Å². The fourth-order valence-electron chi connectivity index (χ4n) is 5.10. The Labute approximate surface area is 127 Å². The third-order valence-electron chi connectivity index (χ3n) is 5.38. The van der Waals surface area contributed by atoms with Gasteiger partial charge in [-0.1, -0.05) is 22.0 Å². The fraction of sp³-hybridized carbons (Fsp3) is 0.625. The number of carbonyl (C=O) groups excluding carboxylic acids is 1. The van der Waals surface area contributed by atoms with Gasteiger partial charge < -0.3 is 5.32 Å². The SMILES string of the molecule is O=C(Nc1ccccn1)C12C[C@H]3C[C@@H](CC(Br)(C3)C1)C2. The Kier molecular flexibility index (Phi) is 2.75. The number of carbonyl (C=O) groups is 1. The first-order chi connectivity index (χ1) is 9.57. The summed E-state index contributed by atoms with van der Waals surface area (Å²) in [7, 11) is 0. The van der Waals surface area contributed by atoms with E-state index in [0.29, 0.717) is 5.82 Å². The maximum Gasteiger partial charge on any atom is 0.231 e. The molecule has 0 saturated heterocycles. The maximum absolute atomic E-state index is 12.8. The Hall–Kier alpha value is -0.900. The van der Waals surface area contributed by atoms with Gasteiger partial charge in [0.05, 0.1) is 5.41 Å². The zero-order valence-corrected chi connectivity index (χ0v) is 13.0. The number of alkyl halides is 1. The Bertz CT molecular complexity index is 531. The molecule has 4 fully saturated rings. The first-order valence-corrected chi connectivity index (χ1v) is 8.28. The number of pyridine rings is 1. The van der Waals surface area contributed by atoms with Crippen molar-refractivity contribution in [1.29, 1.82) is 0 Å². The first-order valence-electron chi connectivity index (χ1n) is 7.48. The minimum absolute atomic E-state index is 0.162. The molecule has 106 valence electrons. The molecule has 20 heavy (non-hydrogen) atoms. The van der Waals surface area contributed by atoms with E-state index in [1.807, 2.05) is 18.2 Å². The topological polar surface area (TPSA) is 42.0 Å². The van der Waals surface area contributed by atoms with E-state index < -0.39 is 0 Å². The van der Waals surface area contributed by atoms with Crippen molar-refractivity contribution in [2.45, 2.75) is 42.8 Å². The van der Waals surface area contributed by atoms with Crippen molar-refractivity contribution < 1.29 is 4.79 Å². The van der Waals surface area contributed by atoms with Crippen LogP contribution < -0.4 is 5.32 Å².